The van der Waals surface area contributed by atoms with Crippen molar-refractivity contribution in [3.8, 4) is 0 Å². The Morgan fingerprint density at radius 3 is 2.84 bits per heavy atom. The van der Waals surface area contributed by atoms with Crippen LogP contribution >= 0.6 is 0 Å². The van der Waals surface area contributed by atoms with Crippen molar-refractivity contribution in [3.05, 3.63) is 59.4 Å². The highest BCUT2D eigenvalue weighted by atomic mass is 19.1. The molecule has 1 atom stereocenters. The number of hydrogen-bond donors (Lipinski definition) is 1. The summed E-state index contributed by atoms with van der Waals surface area (Å²) in [7, 11) is 0. The van der Waals surface area contributed by atoms with E-state index in [1.807, 2.05) is 0 Å². The molecule has 1 unspecified atom stereocenters. The van der Waals surface area contributed by atoms with Gasteiger partial charge < -0.3 is 10.6 Å². The normalized spacial score (nSPS) is 17.6. The minimum Gasteiger partial charge on any atom is -0.398 e. The second-order valence-electron chi connectivity index (χ2n) is 5.15. The largest absolute Gasteiger partial charge is 0.398 e. The van der Waals surface area contributed by atoms with Gasteiger partial charge in [0.05, 0.1) is 0 Å². The molecule has 1 heterocycles. The van der Waals surface area contributed by atoms with Crippen molar-refractivity contribution >= 4 is 11.4 Å². The molecule has 2 nitrogen and oxygen atoms in total. The van der Waals surface area contributed by atoms with Crippen molar-refractivity contribution in [1.29, 1.82) is 0 Å². The van der Waals surface area contributed by atoms with Gasteiger partial charge in [-0.3, -0.25) is 0 Å². The Labute approximate surface area is 112 Å². The van der Waals surface area contributed by atoms with E-state index < -0.39 is 0 Å². The van der Waals surface area contributed by atoms with Crippen molar-refractivity contribution in [2.45, 2.75) is 25.9 Å². The maximum absolute atomic E-state index is 13.1. The molecule has 3 rings (SSSR count). The molecule has 0 aromatic heterocycles. The van der Waals surface area contributed by atoms with Gasteiger partial charge in [0.1, 0.15) is 5.82 Å². The molecule has 19 heavy (non-hydrogen) atoms. The first kappa shape index (κ1) is 12.0. The van der Waals surface area contributed by atoms with Gasteiger partial charge >= 0.3 is 0 Å². The lowest BCUT2D eigenvalue weighted by molar-refractivity contribution is 0.626. The third kappa shape index (κ3) is 2.16. The summed E-state index contributed by atoms with van der Waals surface area (Å²) >= 11 is 0. The molecule has 0 saturated carbocycles. The highest BCUT2D eigenvalue weighted by molar-refractivity contribution is 5.60. The van der Waals surface area contributed by atoms with E-state index in [1.54, 1.807) is 6.07 Å². The van der Waals surface area contributed by atoms with Crippen molar-refractivity contribution in [1.82, 2.24) is 0 Å². The highest BCUT2D eigenvalue weighted by Gasteiger charge is 2.25. The number of nitrogens with zero attached hydrogens (tertiary/aromatic N) is 1. The van der Waals surface area contributed by atoms with E-state index in [0.717, 1.165) is 18.5 Å². The Morgan fingerprint density at radius 1 is 1.26 bits per heavy atom. The van der Waals surface area contributed by atoms with E-state index in [9.17, 15) is 4.39 Å². The molecule has 3 heteroatoms. The summed E-state index contributed by atoms with van der Waals surface area (Å²) in [6, 6.07) is 13.5. The van der Waals surface area contributed by atoms with E-state index in [4.69, 9.17) is 5.73 Å². The average molecular weight is 256 g/mol. The van der Waals surface area contributed by atoms with Gasteiger partial charge in [0.15, 0.2) is 0 Å². The summed E-state index contributed by atoms with van der Waals surface area (Å²) in [6.45, 7) is 2.93. The Balaban J connectivity index is 1.91. The zero-order valence-electron chi connectivity index (χ0n) is 10.9. The average Bonchev–Trinajstić information content (AvgIpc) is 2.69. The van der Waals surface area contributed by atoms with Crippen molar-refractivity contribution in [3.63, 3.8) is 0 Å². The Bertz CT molecular complexity index is 609. The molecule has 98 valence electrons. The minimum absolute atomic E-state index is 0.281. The number of benzene rings is 2. The predicted octanol–water partition coefficient (Wildman–Crippen LogP) is 3.36. The first-order valence-corrected chi connectivity index (χ1v) is 6.53. The fraction of sp³-hybridized carbons (Fsp3) is 0.250. The minimum atomic E-state index is -0.281. The summed E-state index contributed by atoms with van der Waals surface area (Å²) in [4.78, 5) is 2.33. The second kappa shape index (κ2) is 4.57. The predicted molar refractivity (Wildman–Crippen MR) is 76.6 cm³/mol. The zero-order valence-corrected chi connectivity index (χ0v) is 10.9. The summed E-state index contributed by atoms with van der Waals surface area (Å²) in [5.74, 6) is -0.281. The lowest BCUT2D eigenvalue weighted by Crippen LogP contribution is -2.28. The third-order valence-corrected chi connectivity index (χ3v) is 3.80. The van der Waals surface area contributed by atoms with E-state index in [0.29, 0.717) is 11.7 Å². The third-order valence-electron chi connectivity index (χ3n) is 3.80. The maximum Gasteiger partial charge on any atom is 0.125 e. The van der Waals surface area contributed by atoms with Gasteiger partial charge in [0, 0.05) is 24.0 Å². The summed E-state index contributed by atoms with van der Waals surface area (Å²) < 4.78 is 13.1. The first-order valence-electron chi connectivity index (χ1n) is 6.53. The van der Waals surface area contributed by atoms with Gasteiger partial charge in [0.25, 0.3) is 0 Å². The number of nitrogens with two attached hydrogens (primary N) is 1. The monoisotopic (exact) mass is 256 g/mol. The number of rotatable bonds is 2. The second-order valence-corrected chi connectivity index (χ2v) is 5.15. The molecule has 2 N–H and O–H groups in total. The Kier molecular flexibility index (Phi) is 2.90. The molecule has 0 amide bonds. The number of halogens is 1. The molecule has 1 aliphatic rings. The smallest absolute Gasteiger partial charge is 0.125 e. The molecule has 0 saturated heterocycles. The SMILES string of the molecule is CC1Cc2ccccc2N1Cc1ccc(F)cc1N. The standard InChI is InChI=1S/C16H17FN2/c1-11-8-12-4-2-3-5-16(12)19(11)10-13-6-7-14(17)9-15(13)18/h2-7,9,11H,8,10,18H2,1H3. The lowest BCUT2D eigenvalue weighted by atomic mass is 10.1. The topological polar surface area (TPSA) is 29.3 Å². The van der Waals surface area contributed by atoms with Gasteiger partial charge in [-0.2, -0.15) is 0 Å². The number of nitrogen functional groups attached to an aromatic ring is 1. The van der Waals surface area contributed by atoms with Crippen molar-refractivity contribution < 1.29 is 4.39 Å². The van der Waals surface area contributed by atoms with Gasteiger partial charge in [-0.25, -0.2) is 4.39 Å². The van der Waals surface area contributed by atoms with Crippen LogP contribution in [0.3, 0.4) is 0 Å². The van der Waals surface area contributed by atoms with Crippen LogP contribution in [-0.2, 0) is 13.0 Å². The van der Waals surface area contributed by atoms with Crippen LogP contribution in [0.1, 0.15) is 18.1 Å². The van der Waals surface area contributed by atoms with E-state index >= 15 is 0 Å². The van der Waals surface area contributed by atoms with Gasteiger partial charge in [-0.1, -0.05) is 24.3 Å². The van der Waals surface area contributed by atoms with Crippen LogP contribution < -0.4 is 10.6 Å². The molecule has 0 fully saturated rings. The molecule has 0 radical (unpaired) electrons. The van der Waals surface area contributed by atoms with Gasteiger partial charge in [-0.15, -0.1) is 0 Å². The zero-order chi connectivity index (χ0) is 13.4. The molecular weight excluding hydrogens is 239 g/mol. The first-order chi connectivity index (χ1) is 9.15. The van der Waals surface area contributed by atoms with E-state index in [-0.39, 0.29) is 5.82 Å². The van der Waals surface area contributed by atoms with Crippen LogP contribution in [-0.4, -0.2) is 6.04 Å². The molecule has 2 aromatic rings. The van der Waals surface area contributed by atoms with Crippen LogP contribution in [0, 0.1) is 5.82 Å². The molecule has 0 aliphatic carbocycles. The molecule has 0 bridgehead atoms. The van der Waals surface area contributed by atoms with Gasteiger partial charge in [-0.05, 0) is 42.7 Å². The van der Waals surface area contributed by atoms with Crippen LogP contribution in [0.4, 0.5) is 15.8 Å². The Hall–Kier alpha value is -2.03. The molecular formula is C16H17FN2. The van der Waals surface area contributed by atoms with Gasteiger partial charge in [0.2, 0.25) is 0 Å². The molecule has 1 aliphatic heterocycles. The lowest BCUT2D eigenvalue weighted by Gasteiger charge is -2.25. The molecule has 2 aromatic carbocycles. The van der Waals surface area contributed by atoms with Crippen LogP contribution in [0.15, 0.2) is 42.5 Å². The molecule has 0 spiro atoms. The number of fused-ring (bicyclic) bond motifs is 1. The van der Waals surface area contributed by atoms with Crippen LogP contribution in [0.5, 0.6) is 0 Å². The Morgan fingerprint density at radius 2 is 2.05 bits per heavy atom. The number of hydrogen-bond acceptors (Lipinski definition) is 2. The van der Waals surface area contributed by atoms with Crippen LogP contribution in [0.25, 0.3) is 0 Å². The van der Waals surface area contributed by atoms with E-state index in [2.05, 4.69) is 36.1 Å². The fourth-order valence-electron chi connectivity index (χ4n) is 2.76. The summed E-state index contributed by atoms with van der Waals surface area (Å²) in [5.41, 5.74) is 10.0. The van der Waals surface area contributed by atoms with Crippen molar-refractivity contribution in [2.24, 2.45) is 0 Å². The number of anilines is 2. The van der Waals surface area contributed by atoms with E-state index in [1.165, 1.54) is 23.4 Å². The van der Waals surface area contributed by atoms with Crippen molar-refractivity contribution in [2.75, 3.05) is 10.6 Å². The summed E-state index contributed by atoms with van der Waals surface area (Å²) in [6.07, 6.45) is 1.05. The van der Waals surface area contributed by atoms with Crippen LogP contribution in [0.2, 0.25) is 0 Å². The maximum atomic E-state index is 13.1. The quantitative estimate of drug-likeness (QED) is 0.835. The fourth-order valence-corrected chi connectivity index (χ4v) is 2.76. The summed E-state index contributed by atoms with van der Waals surface area (Å²) in [5, 5.41) is 0. The highest BCUT2D eigenvalue weighted by Crippen LogP contribution is 2.33. The number of para-hydroxylation sites is 1.